The van der Waals surface area contributed by atoms with Gasteiger partial charge in [0.2, 0.25) is 5.91 Å². The van der Waals surface area contributed by atoms with E-state index in [0.29, 0.717) is 25.1 Å². The van der Waals surface area contributed by atoms with Crippen LogP contribution in [0, 0.1) is 0 Å². The number of anilines is 1. The van der Waals surface area contributed by atoms with Crippen molar-refractivity contribution in [2.45, 2.75) is 51.9 Å². The summed E-state index contributed by atoms with van der Waals surface area (Å²) in [7, 11) is 0. The number of unbranched alkanes of at least 4 members (excludes halogenated alkanes) is 3. The zero-order valence-corrected chi connectivity index (χ0v) is 12.7. The fourth-order valence-electron chi connectivity index (χ4n) is 2.81. The second-order valence-electron chi connectivity index (χ2n) is 5.52. The molecule has 0 radical (unpaired) electrons. The second-order valence-corrected chi connectivity index (χ2v) is 5.52. The molecule has 0 fully saturated rings. The number of hydrogen-bond acceptors (Lipinski definition) is 3. The topological polar surface area (TPSA) is 52.9 Å². The Hall–Kier alpha value is -1.84. The van der Waals surface area contributed by atoms with Gasteiger partial charge in [-0.25, -0.2) is 0 Å². The van der Waals surface area contributed by atoms with E-state index in [2.05, 4.69) is 12.1 Å². The lowest BCUT2D eigenvalue weighted by Crippen LogP contribution is -2.31. The first-order chi connectivity index (χ1) is 10.3. The van der Waals surface area contributed by atoms with E-state index in [-0.39, 0.29) is 5.91 Å². The quantitative estimate of drug-likeness (QED) is 0.506. The third-order valence-electron chi connectivity index (χ3n) is 3.97. The first-order valence-electron chi connectivity index (χ1n) is 7.88. The van der Waals surface area contributed by atoms with Crippen molar-refractivity contribution in [3.05, 3.63) is 29.8 Å². The predicted octanol–water partition coefficient (Wildman–Crippen LogP) is 3.96. The van der Waals surface area contributed by atoms with Gasteiger partial charge in [-0.1, -0.05) is 49.5 Å². The normalized spacial score (nSPS) is 16.6. The third kappa shape index (κ3) is 3.84. The Morgan fingerprint density at radius 2 is 2.10 bits per heavy atom. The Labute approximate surface area is 126 Å². The van der Waals surface area contributed by atoms with Crippen LogP contribution in [0.4, 0.5) is 5.69 Å². The molecule has 0 spiro atoms. The molecule has 1 heterocycles. The number of benzene rings is 1. The van der Waals surface area contributed by atoms with Crippen molar-refractivity contribution in [3.63, 3.8) is 0 Å². The summed E-state index contributed by atoms with van der Waals surface area (Å²) in [6, 6.07) is 7.71. The van der Waals surface area contributed by atoms with Crippen molar-refractivity contribution < 1.29 is 10.0 Å². The van der Waals surface area contributed by atoms with Gasteiger partial charge in [-0.3, -0.25) is 4.79 Å². The molecule has 2 rings (SSSR count). The number of amides is 1. The van der Waals surface area contributed by atoms with Gasteiger partial charge in [-0.05, 0) is 25.3 Å². The molecule has 1 N–H and O–H groups in total. The Morgan fingerprint density at radius 1 is 1.29 bits per heavy atom. The van der Waals surface area contributed by atoms with Gasteiger partial charge in [0.05, 0.1) is 11.4 Å². The molecular weight excluding hydrogens is 264 g/mol. The molecule has 0 saturated heterocycles. The molecule has 1 aromatic rings. The van der Waals surface area contributed by atoms with Crippen LogP contribution in [0.3, 0.4) is 0 Å². The maximum Gasteiger partial charge on any atom is 0.226 e. The van der Waals surface area contributed by atoms with Gasteiger partial charge in [-0.2, -0.15) is 0 Å². The first-order valence-corrected chi connectivity index (χ1v) is 7.88. The highest BCUT2D eigenvalue weighted by Gasteiger charge is 2.23. The van der Waals surface area contributed by atoms with Crippen LogP contribution < -0.4 is 4.90 Å². The van der Waals surface area contributed by atoms with Crippen LogP contribution >= 0.6 is 0 Å². The molecule has 1 amide bonds. The molecular formula is C17H24N2O2. The smallest absolute Gasteiger partial charge is 0.226 e. The van der Waals surface area contributed by atoms with Crippen LogP contribution in [-0.2, 0) is 4.79 Å². The zero-order valence-electron chi connectivity index (χ0n) is 12.7. The number of fused-ring (bicyclic) bond motifs is 1. The summed E-state index contributed by atoms with van der Waals surface area (Å²) in [4.78, 5) is 14.4. The molecule has 4 nitrogen and oxygen atoms in total. The monoisotopic (exact) mass is 288 g/mol. The number of para-hydroxylation sites is 1. The van der Waals surface area contributed by atoms with E-state index < -0.39 is 0 Å². The van der Waals surface area contributed by atoms with Crippen molar-refractivity contribution in [3.8, 4) is 0 Å². The van der Waals surface area contributed by atoms with Gasteiger partial charge in [0.25, 0.3) is 0 Å². The molecule has 0 saturated carbocycles. The predicted molar refractivity (Wildman–Crippen MR) is 85.1 cm³/mol. The average Bonchev–Trinajstić information content (AvgIpc) is 2.70. The third-order valence-corrected chi connectivity index (χ3v) is 3.97. The van der Waals surface area contributed by atoms with Gasteiger partial charge >= 0.3 is 0 Å². The summed E-state index contributed by atoms with van der Waals surface area (Å²) >= 11 is 0. The summed E-state index contributed by atoms with van der Waals surface area (Å²) < 4.78 is 0. The van der Waals surface area contributed by atoms with Crippen LogP contribution in [0.2, 0.25) is 0 Å². The molecule has 1 aliphatic heterocycles. The Bertz CT molecular complexity index is 511. The van der Waals surface area contributed by atoms with E-state index in [1.165, 1.54) is 12.8 Å². The molecule has 0 aromatic heterocycles. The van der Waals surface area contributed by atoms with Crippen LogP contribution in [0.25, 0.3) is 0 Å². The SMILES string of the molecule is CCCCCCC(=O)N1CCC/C(=N/O)c2ccccc21. The van der Waals surface area contributed by atoms with E-state index in [4.69, 9.17) is 0 Å². The molecule has 0 unspecified atom stereocenters. The highest BCUT2D eigenvalue weighted by Crippen LogP contribution is 2.27. The van der Waals surface area contributed by atoms with Crippen LogP contribution in [0.5, 0.6) is 0 Å². The lowest BCUT2D eigenvalue weighted by molar-refractivity contribution is -0.118. The number of nitrogens with zero attached hydrogens (tertiary/aromatic N) is 2. The molecule has 1 aromatic carbocycles. The standard InChI is InChI=1S/C17H24N2O2/c1-2-3-4-5-12-17(20)19-13-8-10-15(18-21)14-9-6-7-11-16(14)19/h6-7,9,11,21H,2-5,8,10,12-13H2,1H3/b18-15-. The summed E-state index contributed by atoms with van der Waals surface area (Å²) in [5.74, 6) is 0.178. The van der Waals surface area contributed by atoms with Gasteiger partial charge in [0.15, 0.2) is 0 Å². The Kier molecular flexibility index (Phi) is 5.78. The minimum Gasteiger partial charge on any atom is -0.411 e. The van der Waals surface area contributed by atoms with Crippen LogP contribution in [0.15, 0.2) is 29.4 Å². The number of rotatable bonds is 5. The number of carbonyl (C=O) groups is 1. The van der Waals surface area contributed by atoms with Crippen molar-refractivity contribution in [2.75, 3.05) is 11.4 Å². The van der Waals surface area contributed by atoms with E-state index in [1.807, 2.05) is 29.2 Å². The first kappa shape index (κ1) is 15.5. The van der Waals surface area contributed by atoms with Crippen molar-refractivity contribution in [1.82, 2.24) is 0 Å². The lowest BCUT2D eigenvalue weighted by Gasteiger charge is -2.22. The number of carbonyl (C=O) groups excluding carboxylic acids is 1. The highest BCUT2D eigenvalue weighted by molar-refractivity contribution is 6.09. The molecule has 4 heteroatoms. The fourth-order valence-corrected chi connectivity index (χ4v) is 2.81. The zero-order chi connectivity index (χ0) is 15.1. The molecule has 114 valence electrons. The summed E-state index contributed by atoms with van der Waals surface area (Å²) in [5.41, 5.74) is 2.43. The molecule has 0 atom stereocenters. The van der Waals surface area contributed by atoms with Gasteiger partial charge in [-0.15, -0.1) is 0 Å². The maximum atomic E-state index is 12.5. The molecule has 0 aliphatic carbocycles. The van der Waals surface area contributed by atoms with Gasteiger partial charge in [0.1, 0.15) is 0 Å². The Balaban J connectivity index is 2.14. The minimum absolute atomic E-state index is 0.178. The van der Waals surface area contributed by atoms with E-state index in [0.717, 1.165) is 30.5 Å². The van der Waals surface area contributed by atoms with E-state index >= 15 is 0 Å². The summed E-state index contributed by atoms with van der Waals surface area (Å²) in [6.07, 6.45) is 6.55. The maximum absolute atomic E-state index is 12.5. The van der Waals surface area contributed by atoms with Crippen molar-refractivity contribution in [1.29, 1.82) is 0 Å². The minimum atomic E-state index is 0.178. The molecule has 0 bridgehead atoms. The Morgan fingerprint density at radius 3 is 2.86 bits per heavy atom. The largest absolute Gasteiger partial charge is 0.411 e. The molecule has 1 aliphatic rings. The van der Waals surface area contributed by atoms with E-state index in [9.17, 15) is 10.0 Å². The average molecular weight is 288 g/mol. The van der Waals surface area contributed by atoms with Crippen molar-refractivity contribution in [2.24, 2.45) is 5.16 Å². The lowest BCUT2D eigenvalue weighted by atomic mass is 10.1. The van der Waals surface area contributed by atoms with Gasteiger partial charge in [0, 0.05) is 18.5 Å². The van der Waals surface area contributed by atoms with Crippen LogP contribution in [0.1, 0.15) is 57.4 Å². The van der Waals surface area contributed by atoms with E-state index in [1.54, 1.807) is 0 Å². The number of hydrogen-bond donors (Lipinski definition) is 1. The fraction of sp³-hybridized carbons (Fsp3) is 0.529. The van der Waals surface area contributed by atoms with Gasteiger partial charge < -0.3 is 10.1 Å². The van der Waals surface area contributed by atoms with Crippen molar-refractivity contribution >= 4 is 17.3 Å². The summed E-state index contributed by atoms with van der Waals surface area (Å²) in [5, 5.41) is 12.6. The summed E-state index contributed by atoms with van der Waals surface area (Å²) in [6.45, 7) is 2.87. The highest BCUT2D eigenvalue weighted by atomic mass is 16.4. The second kappa shape index (κ2) is 7.81. The number of oxime groups is 1. The molecule has 21 heavy (non-hydrogen) atoms. The van der Waals surface area contributed by atoms with Crippen LogP contribution in [-0.4, -0.2) is 23.4 Å².